The topological polar surface area (TPSA) is 121 Å². The van der Waals surface area contributed by atoms with Gasteiger partial charge in [0.05, 0.1) is 11.3 Å². The molecule has 154 valence electrons. The maximum atomic E-state index is 13.7. The van der Waals surface area contributed by atoms with Crippen LogP contribution in [0, 0.1) is 11.7 Å². The number of thioether (sulfide) groups is 1. The summed E-state index contributed by atoms with van der Waals surface area (Å²) < 4.78 is 13.7. The zero-order valence-electron chi connectivity index (χ0n) is 15.9. The molecule has 4 N–H and O–H groups in total. The van der Waals surface area contributed by atoms with Gasteiger partial charge in [-0.2, -0.15) is 0 Å². The standard InChI is InChI=1S/C19H22FN5O3S/c1-11-6-8-25(9-7-11)14(26)10-29-19-23-16(21)15(18(28)24-19)22-17(27)12-4-2-3-5-13(12)20/h2-5,11H,6-10H2,1H3,(H,22,27)(H3,21,23,24,28). The van der Waals surface area contributed by atoms with Crippen molar-refractivity contribution in [3.63, 3.8) is 0 Å². The van der Waals surface area contributed by atoms with Crippen LogP contribution in [0.5, 0.6) is 0 Å². The summed E-state index contributed by atoms with van der Waals surface area (Å²) in [4.78, 5) is 45.1. The lowest BCUT2D eigenvalue weighted by Gasteiger charge is -2.30. The molecular formula is C19H22FN5O3S. The van der Waals surface area contributed by atoms with E-state index in [9.17, 15) is 18.8 Å². The second kappa shape index (κ2) is 9.08. The highest BCUT2D eigenvalue weighted by Crippen LogP contribution is 2.20. The molecule has 1 aliphatic rings. The van der Waals surface area contributed by atoms with Crippen molar-refractivity contribution in [1.29, 1.82) is 0 Å². The second-order valence-electron chi connectivity index (χ2n) is 6.92. The number of halogens is 1. The monoisotopic (exact) mass is 419 g/mol. The number of aromatic nitrogens is 2. The van der Waals surface area contributed by atoms with Crippen molar-refractivity contribution in [2.24, 2.45) is 5.92 Å². The Morgan fingerprint density at radius 3 is 2.69 bits per heavy atom. The molecule has 3 rings (SSSR count). The van der Waals surface area contributed by atoms with Crippen LogP contribution < -0.4 is 16.6 Å². The van der Waals surface area contributed by atoms with E-state index >= 15 is 0 Å². The maximum Gasteiger partial charge on any atom is 0.277 e. The van der Waals surface area contributed by atoms with Gasteiger partial charge in [-0.25, -0.2) is 9.37 Å². The number of benzene rings is 1. The van der Waals surface area contributed by atoms with Gasteiger partial charge < -0.3 is 16.0 Å². The van der Waals surface area contributed by atoms with E-state index in [4.69, 9.17) is 5.73 Å². The smallest absolute Gasteiger partial charge is 0.277 e. The molecule has 1 aliphatic heterocycles. The number of amides is 2. The molecule has 2 amide bonds. The molecule has 1 aromatic carbocycles. The Bertz CT molecular complexity index is 973. The first-order valence-electron chi connectivity index (χ1n) is 9.21. The van der Waals surface area contributed by atoms with E-state index in [0.717, 1.165) is 43.8 Å². The Morgan fingerprint density at radius 2 is 2.03 bits per heavy atom. The average Bonchev–Trinajstić information content (AvgIpc) is 2.69. The van der Waals surface area contributed by atoms with Crippen LogP contribution in [0.4, 0.5) is 15.9 Å². The Hall–Kier alpha value is -2.88. The molecule has 29 heavy (non-hydrogen) atoms. The molecule has 2 aromatic rings. The van der Waals surface area contributed by atoms with Crippen molar-refractivity contribution in [1.82, 2.24) is 14.9 Å². The first-order valence-corrected chi connectivity index (χ1v) is 10.2. The molecule has 1 fully saturated rings. The molecule has 8 nitrogen and oxygen atoms in total. The van der Waals surface area contributed by atoms with Crippen molar-refractivity contribution in [2.75, 3.05) is 29.9 Å². The van der Waals surface area contributed by atoms with Gasteiger partial charge in [0.15, 0.2) is 11.0 Å². The summed E-state index contributed by atoms with van der Waals surface area (Å²) in [6, 6.07) is 5.39. The van der Waals surface area contributed by atoms with E-state index in [0.29, 0.717) is 5.92 Å². The largest absolute Gasteiger partial charge is 0.382 e. The van der Waals surface area contributed by atoms with Crippen molar-refractivity contribution in [2.45, 2.75) is 24.9 Å². The minimum Gasteiger partial charge on any atom is -0.382 e. The van der Waals surface area contributed by atoms with Gasteiger partial charge >= 0.3 is 0 Å². The Labute approximate surface area is 171 Å². The molecule has 0 radical (unpaired) electrons. The number of likely N-dealkylation sites (tertiary alicyclic amines) is 1. The molecule has 0 saturated carbocycles. The third kappa shape index (κ3) is 5.14. The highest BCUT2D eigenvalue weighted by molar-refractivity contribution is 7.99. The molecule has 0 aliphatic carbocycles. The summed E-state index contributed by atoms with van der Waals surface area (Å²) in [5.74, 6) is -1.02. The summed E-state index contributed by atoms with van der Waals surface area (Å²) in [5, 5.41) is 2.46. The molecule has 0 atom stereocenters. The highest BCUT2D eigenvalue weighted by Gasteiger charge is 2.21. The fourth-order valence-electron chi connectivity index (χ4n) is 2.96. The lowest BCUT2D eigenvalue weighted by Crippen LogP contribution is -2.39. The molecular weight excluding hydrogens is 397 g/mol. The number of H-pyrrole nitrogens is 1. The number of rotatable bonds is 5. The molecule has 0 spiro atoms. The summed E-state index contributed by atoms with van der Waals surface area (Å²) in [5.41, 5.74) is 4.64. The Balaban J connectivity index is 1.65. The van der Waals surface area contributed by atoms with E-state index < -0.39 is 17.3 Å². The number of nitrogens with zero attached hydrogens (tertiary/aromatic N) is 2. The third-order valence-electron chi connectivity index (χ3n) is 4.75. The van der Waals surface area contributed by atoms with Crippen molar-refractivity contribution >= 4 is 35.1 Å². The molecule has 10 heteroatoms. The van der Waals surface area contributed by atoms with Crippen LogP contribution >= 0.6 is 11.8 Å². The average molecular weight is 419 g/mol. The minimum atomic E-state index is -0.808. The number of piperidine rings is 1. The van der Waals surface area contributed by atoms with Crippen LogP contribution in [0.1, 0.15) is 30.1 Å². The molecule has 0 bridgehead atoms. The predicted octanol–water partition coefficient (Wildman–Crippen LogP) is 2.09. The van der Waals surface area contributed by atoms with Crippen LogP contribution in [0.2, 0.25) is 0 Å². The number of anilines is 2. The summed E-state index contributed by atoms with van der Waals surface area (Å²) in [6.07, 6.45) is 1.96. The Kier molecular flexibility index (Phi) is 6.53. The van der Waals surface area contributed by atoms with Crippen LogP contribution in [-0.2, 0) is 4.79 Å². The lowest BCUT2D eigenvalue weighted by atomic mass is 9.99. The van der Waals surface area contributed by atoms with Crippen molar-refractivity contribution in [3.8, 4) is 0 Å². The van der Waals surface area contributed by atoms with Gasteiger partial charge in [0.2, 0.25) is 5.91 Å². The SMILES string of the molecule is CC1CCN(C(=O)CSc2nc(N)c(NC(=O)c3ccccc3F)c(=O)[nH]2)CC1. The summed E-state index contributed by atoms with van der Waals surface area (Å²) in [6.45, 7) is 3.63. The van der Waals surface area contributed by atoms with Crippen molar-refractivity contribution < 1.29 is 14.0 Å². The normalized spacial score (nSPS) is 14.6. The zero-order valence-corrected chi connectivity index (χ0v) is 16.7. The summed E-state index contributed by atoms with van der Waals surface area (Å²) >= 11 is 1.07. The number of nitrogen functional groups attached to an aromatic ring is 1. The van der Waals surface area contributed by atoms with Gasteiger partial charge in [0.25, 0.3) is 11.5 Å². The third-order valence-corrected chi connectivity index (χ3v) is 5.61. The van der Waals surface area contributed by atoms with E-state index in [-0.39, 0.29) is 33.9 Å². The number of nitrogens with one attached hydrogen (secondary N) is 2. The van der Waals surface area contributed by atoms with Crippen LogP contribution in [-0.4, -0.2) is 45.5 Å². The minimum absolute atomic E-state index is 0.0277. The predicted molar refractivity (Wildman–Crippen MR) is 109 cm³/mol. The number of hydrogen-bond acceptors (Lipinski definition) is 6. The van der Waals surface area contributed by atoms with E-state index in [1.807, 2.05) is 0 Å². The maximum absolute atomic E-state index is 13.7. The zero-order chi connectivity index (χ0) is 21.0. The number of nitrogens with two attached hydrogens (primary N) is 1. The number of carbonyl (C=O) groups is 2. The van der Waals surface area contributed by atoms with Gasteiger partial charge in [-0.1, -0.05) is 30.8 Å². The van der Waals surface area contributed by atoms with Gasteiger partial charge in [-0.15, -0.1) is 0 Å². The van der Waals surface area contributed by atoms with Gasteiger partial charge in [0, 0.05) is 13.1 Å². The first-order chi connectivity index (χ1) is 13.8. The van der Waals surface area contributed by atoms with E-state index in [1.54, 1.807) is 4.90 Å². The fraction of sp³-hybridized carbons (Fsp3) is 0.368. The van der Waals surface area contributed by atoms with Crippen LogP contribution in [0.3, 0.4) is 0 Å². The van der Waals surface area contributed by atoms with Gasteiger partial charge in [-0.05, 0) is 30.9 Å². The van der Waals surface area contributed by atoms with Crippen molar-refractivity contribution in [3.05, 3.63) is 46.0 Å². The summed E-state index contributed by atoms with van der Waals surface area (Å²) in [7, 11) is 0. The number of hydrogen-bond donors (Lipinski definition) is 3. The fourth-order valence-corrected chi connectivity index (χ4v) is 3.73. The number of aromatic amines is 1. The molecule has 2 heterocycles. The quantitative estimate of drug-likeness (QED) is 0.504. The van der Waals surface area contributed by atoms with Crippen LogP contribution in [0.25, 0.3) is 0 Å². The Morgan fingerprint density at radius 1 is 1.34 bits per heavy atom. The highest BCUT2D eigenvalue weighted by atomic mass is 32.2. The van der Waals surface area contributed by atoms with E-state index in [1.165, 1.54) is 18.2 Å². The van der Waals surface area contributed by atoms with Crippen LogP contribution in [0.15, 0.2) is 34.2 Å². The lowest BCUT2D eigenvalue weighted by molar-refractivity contribution is -0.129. The molecule has 1 aromatic heterocycles. The van der Waals surface area contributed by atoms with Gasteiger partial charge in [0.1, 0.15) is 11.5 Å². The van der Waals surface area contributed by atoms with E-state index in [2.05, 4.69) is 22.2 Å². The molecule has 1 saturated heterocycles. The number of carbonyl (C=O) groups excluding carboxylic acids is 2. The first kappa shape index (κ1) is 20.8. The second-order valence-corrected chi connectivity index (χ2v) is 7.88. The van der Waals surface area contributed by atoms with Gasteiger partial charge in [-0.3, -0.25) is 19.4 Å². The molecule has 0 unspecified atom stereocenters.